The van der Waals surface area contributed by atoms with Crippen molar-refractivity contribution < 1.29 is 14.6 Å². The molecule has 5 nitrogen and oxygen atoms in total. The van der Waals surface area contributed by atoms with Crippen LogP contribution in [0.5, 0.6) is 5.75 Å². The summed E-state index contributed by atoms with van der Waals surface area (Å²) in [4.78, 5) is 14.2. The third kappa shape index (κ3) is 4.71. The average molecular weight is 334 g/mol. The van der Waals surface area contributed by atoms with E-state index in [1.165, 1.54) is 0 Å². The van der Waals surface area contributed by atoms with Crippen LogP contribution in [0.2, 0.25) is 0 Å². The summed E-state index contributed by atoms with van der Waals surface area (Å²) in [6, 6.07) is 7.68. The summed E-state index contributed by atoms with van der Waals surface area (Å²) >= 11 is 0. The van der Waals surface area contributed by atoms with E-state index in [1.807, 2.05) is 45.0 Å². The van der Waals surface area contributed by atoms with E-state index in [2.05, 4.69) is 10.2 Å². The van der Waals surface area contributed by atoms with Crippen molar-refractivity contribution in [2.45, 2.75) is 39.2 Å². The largest absolute Gasteiger partial charge is 0.497 e. The van der Waals surface area contributed by atoms with Crippen LogP contribution >= 0.6 is 0 Å². The lowest BCUT2D eigenvalue weighted by molar-refractivity contribution is -0.128. The minimum atomic E-state index is -0.792. The summed E-state index contributed by atoms with van der Waals surface area (Å²) in [5.41, 5.74) is -0.226. The molecule has 1 aliphatic rings. The van der Waals surface area contributed by atoms with Gasteiger partial charge >= 0.3 is 0 Å². The molecule has 1 aromatic carbocycles. The van der Waals surface area contributed by atoms with Gasteiger partial charge in [0.2, 0.25) is 5.91 Å². The molecule has 2 N–H and O–H groups in total. The lowest BCUT2D eigenvalue weighted by Crippen LogP contribution is -2.46. The molecule has 1 fully saturated rings. The highest BCUT2D eigenvalue weighted by Gasteiger charge is 2.34. The molecule has 0 aromatic heterocycles. The summed E-state index contributed by atoms with van der Waals surface area (Å²) < 4.78 is 5.25. The van der Waals surface area contributed by atoms with Gasteiger partial charge in [0.25, 0.3) is 0 Å². The van der Waals surface area contributed by atoms with Crippen LogP contribution in [0.4, 0.5) is 0 Å². The van der Waals surface area contributed by atoms with Gasteiger partial charge in [-0.3, -0.25) is 4.79 Å². The molecule has 0 saturated carbocycles. The van der Waals surface area contributed by atoms with Crippen molar-refractivity contribution >= 4 is 5.91 Å². The van der Waals surface area contributed by atoms with Gasteiger partial charge in [-0.05, 0) is 30.5 Å². The molecule has 0 unspecified atom stereocenters. The summed E-state index contributed by atoms with van der Waals surface area (Å²) in [5, 5.41) is 13.9. The summed E-state index contributed by atoms with van der Waals surface area (Å²) in [6.45, 7) is 8.84. The second-order valence-corrected chi connectivity index (χ2v) is 7.61. The van der Waals surface area contributed by atoms with Gasteiger partial charge in [-0.1, -0.05) is 32.9 Å². The second kappa shape index (κ2) is 7.53. The molecule has 0 aliphatic carbocycles. The Morgan fingerprint density at radius 1 is 1.33 bits per heavy atom. The lowest BCUT2D eigenvalue weighted by Gasteiger charge is -2.38. The molecule has 1 heterocycles. The summed E-state index contributed by atoms with van der Waals surface area (Å²) in [7, 11) is 1.64. The lowest BCUT2D eigenvalue weighted by atomic mass is 9.84. The number of carbonyl (C=O) groups is 1. The second-order valence-electron chi connectivity index (χ2n) is 7.61. The number of hydrogen-bond acceptors (Lipinski definition) is 4. The molecule has 1 aliphatic heterocycles. The van der Waals surface area contributed by atoms with E-state index >= 15 is 0 Å². The Kier molecular flexibility index (Phi) is 5.88. The third-order valence-electron chi connectivity index (χ3n) is 4.69. The van der Waals surface area contributed by atoms with E-state index < -0.39 is 5.60 Å². The molecule has 134 valence electrons. The van der Waals surface area contributed by atoms with Crippen LogP contribution < -0.4 is 10.1 Å². The number of hydrogen-bond donors (Lipinski definition) is 2. The van der Waals surface area contributed by atoms with Crippen LogP contribution in [0.15, 0.2) is 24.3 Å². The third-order valence-corrected chi connectivity index (χ3v) is 4.69. The smallest absolute Gasteiger partial charge is 0.225 e. The Morgan fingerprint density at radius 2 is 2.00 bits per heavy atom. The van der Waals surface area contributed by atoms with Gasteiger partial charge < -0.3 is 20.1 Å². The maximum atomic E-state index is 11.9. The van der Waals surface area contributed by atoms with Crippen LogP contribution in [-0.4, -0.2) is 49.2 Å². The van der Waals surface area contributed by atoms with Crippen LogP contribution in [0.25, 0.3) is 0 Å². The van der Waals surface area contributed by atoms with Gasteiger partial charge in [0.1, 0.15) is 5.75 Å². The van der Waals surface area contributed by atoms with Crippen LogP contribution in [0.3, 0.4) is 0 Å². The Balaban J connectivity index is 1.83. The van der Waals surface area contributed by atoms with E-state index in [-0.39, 0.29) is 11.3 Å². The van der Waals surface area contributed by atoms with Gasteiger partial charge in [-0.2, -0.15) is 0 Å². The van der Waals surface area contributed by atoms with E-state index in [4.69, 9.17) is 4.74 Å². The van der Waals surface area contributed by atoms with Gasteiger partial charge in [0.05, 0.1) is 12.7 Å². The fourth-order valence-electron chi connectivity index (χ4n) is 2.94. The SMILES string of the molecule is COc1cccc(C2(O)CCN(CCNC(=O)C(C)(C)C)CC2)c1. The number of amides is 1. The molecule has 2 rings (SSSR count). The molecule has 5 heteroatoms. The monoisotopic (exact) mass is 334 g/mol. The minimum absolute atomic E-state index is 0.0763. The number of methoxy groups -OCH3 is 1. The highest BCUT2D eigenvalue weighted by molar-refractivity contribution is 5.81. The molecule has 0 atom stereocenters. The van der Waals surface area contributed by atoms with Gasteiger partial charge in [-0.25, -0.2) is 0 Å². The standard InChI is InChI=1S/C19H30N2O3/c1-18(2,3)17(22)20-10-13-21-11-8-19(23,9-12-21)15-6-5-7-16(14-15)24-4/h5-7,14,23H,8-13H2,1-4H3,(H,20,22). The van der Waals surface area contributed by atoms with Crippen molar-refractivity contribution in [2.75, 3.05) is 33.3 Å². The number of nitrogens with one attached hydrogen (secondary N) is 1. The number of piperidine rings is 1. The van der Waals surface area contributed by atoms with Crippen molar-refractivity contribution in [3.8, 4) is 5.75 Å². The number of carbonyl (C=O) groups excluding carboxylic acids is 1. The highest BCUT2D eigenvalue weighted by atomic mass is 16.5. The van der Waals surface area contributed by atoms with Gasteiger partial charge in [0.15, 0.2) is 0 Å². The number of rotatable bonds is 5. The predicted molar refractivity (Wildman–Crippen MR) is 95.0 cm³/mol. The molecular weight excluding hydrogens is 304 g/mol. The first-order chi connectivity index (χ1) is 11.2. The van der Waals surface area contributed by atoms with Crippen LogP contribution in [0, 0.1) is 5.41 Å². The fourth-order valence-corrected chi connectivity index (χ4v) is 2.94. The van der Waals surface area contributed by atoms with E-state index in [1.54, 1.807) is 7.11 Å². The molecule has 0 radical (unpaired) electrons. The van der Waals surface area contributed by atoms with Crippen molar-refractivity contribution in [2.24, 2.45) is 5.41 Å². The zero-order valence-corrected chi connectivity index (χ0v) is 15.3. The number of nitrogens with zero attached hydrogens (tertiary/aromatic N) is 1. The minimum Gasteiger partial charge on any atom is -0.497 e. The maximum Gasteiger partial charge on any atom is 0.225 e. The zero-order chi connectivity index (χ0) is 17.8. The van der Waals surface area contributed by atoms with Crippen molar-refractivity contribution in [1.82, 2.24) is 10.2 Å². The summed E-state index contributed by atoms with van der Waals surface area (Å²) in [6.07, 6.45) is 1.38. The molecule has 1 aromatic rings. The molecule has 1 saturated heterocycles. The first-order valence-electron chi connectivity index (χ1n) is 8.62. The number of benzene rings is 1. The molecular formula is C19H30N2O3. The fraction of sp³-hybridized carbons (Fsp3) is 0.632. The van der Waals surface area contributed by atoms with Crippen molar-refractivity contribution in [1.29, 1.82) is 0 Å². The molecule has 0 spiro atoms. The Hall–Kier alpha value is -1.59. The topological polar surface area (TPSA) is 61.8 Å². The number of likely N-dealkylation sites (tertiary alicyclic amines) is 1. The van der Waals surface area contributed by atoms with E-state index in [0.717, 1.165) is 30.9 Å². The first kappa shape index (κ1) is 18.7. The van der Waals surface area contributed by atoms with Crippen molar-refractivity contribution in [3.05, 3.63) is 29.8 Å². The Labute approximate surface area is 145 Å². The van der Waals surface area contributed by atoms with Crippen LogP contribution in [-0.2, 0) is 10.4 Å². The van der Waals surface area contributed by atoms with E-state index in [9.17, 15) is 9.90 Å². The molecule has 0 bridgehead atoms. The maximum absolute atomic E-state index is 11.9. The number of ether oxygens (including phenoxy) is 1. The van der Waals surface area contributed by atoms with Gasteiger partial charge in [-0.15, -0.1) is 0 Å². The highest BCUT2D eigenvalue weighted by Crippen LogP contribution is 2.34. The van der Waals surface area contributed by atoms with Crippen molar-refractivity contribution in [3.63, 3.8) is 0 Å². The normalized spacial score (nSPS) is 18.2. The first-order valence-corrected chi connectivity index (χ1v) is 8.62. The quantitative estimate of drug-likeness (QED) is 0.866. The summed E-state index contributed by atoms with van der Waals surface area (Å²) in [5.74, 6) is 0.848. The average Bonchev–Trinajstić information content (AvgIpc) is 2.56. The van der Waals surface area contributed by atoms with Gasteiger partial charge in [0, 0.05) is 31.6 Å². The number of aliphatic hydroxyl groups is 1. The Morgan fingerprint density at radius 3 is 2.58 bits per heavy atom. The Bertz CT molecular complexity index is 558. The molecule has 1 amide bonds. The van der Waals surface area contributed by atoms with Crippen LogP contribution in [0.1, 0.15) is 39.2 Å². The van der Waals surface area contributed by atoms with E-state index in [0.29, 0.717) is 19.4 Å². The molecule has 24 heavy (non-hydrogen) atoms. The predicted octanol–water partition coefficient (Wildman–Crippen LogP) is 2.14. The zero-order valence-electron chi connectivity index (χ0n) is 15.3.